The second kappa shape index (κ2) is 35.5. The highest BCUT2D eigenvalue weighted by Gasteiger charge is 2.31. The number of carbonyl (C=O) groups is 3. The number of esters is 2. The highest BCUT2D eigenvalue weighted by molar-refractivity contribution is 5.72. The molecule has 0 radical (unpaired) electrons. The number of carboxylic acids is 1. The van der Waals surface area contributed by atoms with Gasteiger partial charge in [0.05, 0.1) is 34.4 Å². The molecule has 0 aliphatic heterocycles. The molecule has 0 aromatic carbocycles. The number of unbranched alkanes of at least 4 members (excludes halogenated alkanes) is 9. The molecule has 0 amide bonds. The van der Waals surface area contributed by atoms with E-state index < -0.39 is 18.1 Å². The molecule has 0 aliphatic carbocycles. The van der Waals surface area contributed by atoms with Gasteiger partial charge in [-0.15, -0.1) is 0 Å². The molecule has 2 unspecified atom stereocenters. The monoisotopic (exact) mass is 741 g/mol. The number of hydrogen-bond donors (Lipinski definition) is 1. The minimum atomic E-state index is -0.892. The summed E-state index contributed by atoms with van der Waals surface area (Å²) in [6.07, 6.45) is 44.9. The van der Waals surface area contributed by atoms with Gasteiger partial charge in [-0.2, -0.15) is 0 Å². The van der Waals surface area contributed by atoms with Gasteiger partial charge in [-0.3, -0.25) is 9.59 Å². The predicted octanol–water partition coefficient (Wildman–Crippen LogP) is 10.6. The van der Waals surface area contributed by atoms with E-state index >= 15 is 0 Å². The summed E-state index contributed by atoms with van der Waals surface area (Å²) in [5, 5.41) is 9.59. The van der Waals surface area contributed by atoms with Gasteiger partial charge >= 0.3 is 17.9 Å². The van der Waals surface area contributed by atoms with Crippen molar-refractivity contribution in [3.63, 3.8) is 0 Å². The molecule has 8 nitrogen and oxygen atoms in total. The molecule has 0 fully saturated rings. The van der Waals surface area contributed by atoms with Gasteiger partial charge in [0, 0.05) is 19.3 Å². The lowest BCUT2D eigenvalue weighted by molar-refractivity contribution is -0.887. The Morgan fingerprint density at radius 1 is 0.604 bits per heavy atom. The fraction of sp³-hybridized carbons (Fsp3) is 0.622. The molecule has 0 bridgehead atoms. The minimum absolute atomic E-state index is 0.0274. The van der Waals surface area contributed by atoms with Crippen LogP contribution in [0.25, 0.3) is 0 Å². The van der Waals surface area contributed by atoms with Crippen LogP contribution in [0, 0.1) is 0 Å². The Kier molecular flexibility index (Phi) is 33.2. The first-order valence-corrected chi connectivity index (χ1v) is 20.2. The Balaban J connectivity index is 4.49. The van der Waals surface area contributed by atoms with Gasteiger partial charge in [0.2, 0.25) is 0 Å². The summed E-state index contributed by atoms with van der Waals surface area (Å²) in [5.74, 6) is -1.58. The van der Waals surface area contributed by atoms with Crippen molar-refractivity contribution in [2.24, 2.45) is 0 Å². The average Bonchev–Trinajstić information content (AvgIpc) is 3.11. The summed E-state index contributed by atoms with van der Waals surface area (Å²) in [5.41, 5.74) is 0. The molecule has 0 spiro atoms. The molecular formula is C45H74NO7+. The molecule has 0 saturated carbocycles. The van der Waals surface area contributed by atoms with Crippen LogP contribution in [-0.4, -0.2) is 80.6 Å². The van der Waals surface area contributed by atoms with Crippen molar-refractivity contribution < 1.29 is 38.2 Å². The van der Waals surface area contributed by atoms with Gasteiger partial charge in [-0.1, -0.05) is 131 Å². The molecule has 0 aromatic heterocycles. The molecule has 0 saturated heterocycles. The second-order valence-electron chi connectivity index (χ2n) is 14.2. The molecule has 0 aromatic rings. The number of carbonyl (C=O) groups excluding carboxylic acids is 2. The molecule has 0 aliphatic rings. The molecule has 1 N–H and O–H groups in total. The zero-order valence-electron chi connectivity index (χ0n) is 33.9. The Bertz CT molecular complexity index is 1140. The van der Waals surface area contributed by atoms with Crippen LogP contribution in [0.3, 0.4) is 0 Å². The summed E-state index contributed by atoms with van der Waals surface area (Å²) in [7, 11) is 5.48. The van der Waals surface area contributed by atoms with Gasteiger partial charge < -0.3 is 23.8 Å². The highest BCUT2D eigenvalue weighted by Crippen LogP contribution is 2.11. The predicted molar refractivity (Wildman–Crippen MR) is 220 cm³/mol. The zero-order valence-corrected chi connectivity index (χ0v) is 33.9. The maximum Gasteiger partial charge on any atom is 0.362 e. The number of ether oxygens (including phenoxy) is 3. The van der Waals surface area contributed by atoms with Crippen molar-refractivity contribution in [3.05, 3.63) is 85.1 Å². The van der Waals surface area contributed by atoms with Crippen LogP contribution in [0.15, 0.2) is 85.1 Å². The van der Waals surface area contributed by atoms with E-state index in [1.165, 1.54) is 19.3 Å². The van der Waals surface area contributed by atoms with Crippen molar-refractivity contribution in [3.8, 4) is 0 Å². The summed E-state index contributed by atoms with van der Waals surface area (Å²) in [6, 6.07) is -0.631. The number of nitrogens with zero attached hydrogens (tertiary/aromatic N) is 1. The third kappa shape index (κ3) is 34.1. The summed E-state index contributed by atoms with van der Waals surface area (Å²) in [6.45, 7) is 4.46. The Morgan fingerprint density at radius 3 is 1.77 bits per heavy atom. The number of carboxylic acid groups (broad SMARTS) is 1. The number of rotatable bonds is 34. The van der Waals surface area contributed by atoms with Crippen molar-refractivity contribution in [2.75, 3.05) is 41.0 Å². The van der Waals surface area contributed by atoms with Gasteiger partial charge in [0.15, 0.2) is 12.1 Å². The molecule has 0 rings (SSSR count). The third-order valence-corrected chi connectivity index (χ3v) is 8.37. The maximum atomic E-state index is 12.6. The number of aliphatic carboxylic acids is 1. The largest absolute Gasteiger partial charge is 0.477 e. The zero-order chi connectivity index (χ0) is 39.3. The Hall–Kier alpha value is -3.49. The first-order chi connectivity index (χ1) is 25.6. The van der Waals surface area contributed by atoms with Crippen molar-refractivity contribution >= 4 is 17.9 Å². The quantitative estimate of drug-likeness (QED) is 0.0230. The SMILES string of the molecule is CC/C=C/C/C=C/C/C=C/CCCC(=O)OC(COCCC(C(=O)O)[N+](C)(C)C)COC(=O)CCCCCCC/C=C/C=C/C=C/C=C/CCCCC. The lowest BCUT2D eigenvalue weighted by Gasteiger charge is -2.31. The first kappa shape index (κ1) is 49.5. The van der Waals surface area contributed by atoms with Crippen LogP contribution in [-0.2, 0) is 28.6 Å². The Labute approximate surface area is 323 Å². The van der Waals surface area contributed by atoms with Gasteiger partial charge in [0.1, 0.15) is 6.61 Å². The van der Waals surface area contributed by atoms with Gasteiger partial charge in [-0.25, -0.2) is 4.79 Å². The average molecular weight is 741 g/mol. The van der Waals surface area contributed by atoms with E-state index in [9.17, 15) is 19.5 Å². The fourth-order valence-corrected chi connectivity index (χ4v) is 5.24. The lowest BCUT2D eigenvalue weighted by atomic mass is 10.1. The molecule has 0 heterocycles. The topological polar surface area (TPSA) is 99.1 Å². The van der Waals surface area contributed by atoms with E-state index in [1.807, 2.05) is 27.2 Å². The van der Waals surface area contributed by atoms with E-state index in [4.69, 9.17) is 14.2 Å². The normalized spacial score (nSPS) is 13.9. The van der Waals surface area contributed by atoms with Crippen LogP contribution in [0.2, 0.25) is 0 Å². The summed E-state index contributed by atoms with van der Waals surface area (Å²) >= 11 is 0. The smallest absolute Gasteiger partial charge is 0.362 e. The standard InChI is InChI=1S/C45H73NO7/c1-6-8-10-12-14-16-18-19-20-21-22-23-24-26-27-29-31-33-35-43(47)52-40-41(39-51-38-37-42(45(49)50)46(3,4)5)53-44(48)36-34-32-30-28-25-17-15-13-11-9-7-2/h9,11,14-23,28,30,41-42H,6-8,10,12-13,24-27,29,31-40H2,1-5H3/p+1/b11-9+,16-14+,17-15+,19-18+,21-20+,23-22+,30-28+. The molecular weight excluding hydrogens is 666 g/mol. The summed E-state index contributed by atoms with van der Waals surface area (Å²) < 4.78 is 17.1. The van der Waals surface area contributed by atoms with E-state index in [0.717, 1.165) is 70.6 Å². The van der Waals surface area contributed by atoms with Crippen LogP contribution in [0.4, 0.5) is 0 Å². The highest BCUT2D eigenvalue weighted by atomic mass is 16.6. The van der Waals surface area contributed by atoms with Crippen LogP contribution in [0.1, 0.15) is 129 Å². The van der Waals surface area contributed by atoms with Gasteiger partial charge in [-0.05, 0) is 64.2 Å². The van der Waals surface area contributed by atoms with Crippen molar-refractivity contribution in [2.45, 2.75) is 142 Å². The number of likely N-dealkylation sites (N-methyl/N-ethyl adjacent to an activating group) is 1. The van der Waals surface area contributed by atoms with Crippen molar-refractivity contribution in [1.29, 1.82) is 0 Å². The van der Waals surface area contributed by atoms with E-state index in [1.54, 1.807) is 0 Å². The maximum absolute atomic E-state index is 12.6. The van der Waals surface area contributed by atoms with Crippen molar-refractivity contribution in [1.82, 2.24) is 0 Å². The van der Waals surface area contributed by atoms with Crippen LogP contribution < -0.4 is 0 Å². The molecule has 2 atom stereocenters. The van der Waals surface area contributed by atoms with Gasteiger partial charge in [0.25, 0.3) is 0 Å². The first-order valence-electron chi connectivity index (χ1n) is 20.2. The fourth-order valence-electron chi connectivity index (χ4n) is 5.24. The van der Waals surface area contributed by atoms with Crippen LogP contribution in [0.5, 0.6) is 0 Å². The summed E-state index contributed by atoms with van der Waals surface area (Å²) in [4.78, 5) is 36.8. The van der Waals surface area contributed by atoms with E-state index in [-0.39, 0.29) is 42.7 Å². The number of allylic oxidation sites excluding steroid dienone is 14. The van der Waals surface area contributed by atoms with E-state index in [2.05, 4.69) is 92.8 Å². The minimum Gasteiger partial charge on any atom is -0.477 e. The number of quaternary nitrogens is 1. The third-order valence-electron chi connectivity index (χ3n) is 8.37. The second-order valence-corrected chi connectivity index (χ2v) is 14.2. The van der Waals surface area contributed by atoms with Crippen LogP contribution >= 0.6 is 0 Å². The molecule has 300 valence electrons. The lowest BCUT2D eigenvalue weighted by Crippen LogP contribution is -2.50. The molecule has 8 heteroatoms. The molecule has 53 heavy (non-hydrogen) atoms. The number of hydrogen-bond acceptors (Lipinski definition) is 6. The van der Waals surface area contributed by atoms with E-state index in [0.29, 0.717) is 19.3 Å². The Morgan fingerprint density at radius 2 is 1.15 bits per heavy atom.